The summed E-state index contributed by atoms with van der Waals surface area (Å²) in [5, 5.41) is 1.69. The summed E-state index contributed by atoms with van der Waals surface area (Å²) < 4.78 is 37.9. The number of hydrogen-bond donors (Lipinski definition) is 2. The molecule has 2 N–H and O–H groups in total. The van der Waals surface area contributed by atoms with E-state index < -0.39 is 28.8 Å². The second-order valence-corrected chi connectivity index (χ2v) is 5.71. The van der Waals surface area contributed by atoms with Gasteiger partial charge in [0.2, 0.25) is 11.8 Å². The topological polar surface area (TPSA) is 67.4 Å². The number of thioether (sulfide) groups is 1. The average Bonchev–Trinajstić information content (AvgIpc) is 2.44. The lowest BCUT2D eigenvalue weighted by molar-refractivity contribution is -0.137. The highest BCUT2D eigenvalue weighted by Gasteiger charge is 2.34. The number of nitrogens with one attached hydrogen (secondary N) is 2. The third-order valence-electron chi connectivity index (χ3n) is 2.83. The molecule has 0 aliphatic carbocycles. The molecule has 0 bridgehead atoms. The van der Waals surface area contributed by atoms with Crippen LogP contribution in [0.3, 0.4) is 0 Å². The molecule has 2 amide bonds. The summed E-state index contributed by atoms with van der Waals surface area (Å²) in [7, 11) is 0. The Bertz CT molecular complexity index is 592. The van der Waals surface area contributed by atoms with Crippen LogP contribution < -0.4 is 10.8 Å². The Kier molecular flexibility index (Phi) is 4.97. The lowest BCUT2D eigenvalue weighted by Crippen LogP contribution is -2.35. The van der Waals surface area contributed by atoms with Crippen LogP contribution in [0.25, 0.3) is 0 Å². The molecule has 9 heteroatoms. The zero-order valence-electron chi connectivity index (χ0n) is 11.5. The Labute approximate surface area is 128 Å². The molecule has 1 aromatic rings. The molecule has 0 spiro atoms. The van der Waals surface area contributed by atoms with Gasteiger partial charge in [-0.1, -0.05) is 0 Å². The summed E-state index contributed by atoms with van der Waals surface area (Å²) in [5.74, 6) is -0.978. The monoisotopic (exact) mass is 334 g/mol. The maximum atomic E-state index is 12.6. The van der Waals surface area contributed by atoms with Gasteiger partial charge in [0.1, 0.15) is 0 Å². The van der Waals surface area contributed by atoms with E-state index in [9.17, 15) is 22.8 Å². The number of amides is 2. The van der Waals surface area contributed by atoms with Gasteiger partial charge in [-0.15, -0.1) is 11.8 Å². The van der Waals surface area contributed by atoms with Crippen molar-refractivity contribution in [2.75, 3.05) is 11.9 Å². The second kappa shape index (κ2) is 6.57. The van der Waals surface area contributed by atoms with E-state index in [-0.39, 0.29) is 12.1 Å². The number of alkyl halides is 3. The highest BCUT2D eigenvalue weighted by Crippen LogP contribution is 2.40. The van der Waals surface area contributed by atoms with Crippen molar-refractivity contribution in [2.45, 2.75) is 29.7 Å². The van der Waals surface area contributed by atoms with Crippen LogP contribution in [-0.4, -0.2) is 23.7 Å². The van der Waals surface area contributed by atoms with Crippen LogP contribution >= 0.6 is 11.8 Å². The van der Waals surface area contributed by atoms with E-state index in [1.54, 1.807) is 6.92 Å². The van der Waals surface area contributed by atoms with Crippen LogP contribution in [-0.2, 0) is 20.6 Å². The molecule has 1 atom stereocenters. The highest BCUT2D eigenvalue weighted by atomic mass is 32.2. The Balaban J connectivity index is 2.10. The first-order valence-electron chi connectivity index (χ1n) is 6.40. The molecule has 1 heterocycles. The van der Waals surface area contributed by atoms with Crippen molar-refractivity contribution in [3.05, 3.63) is 23.8 Å². The van der Waals surface area contributed by atoms with Crippen molar-refractivity contribution >= 4 is 29.3 Å². The van der Waals surface area contributed by atoms with Crippen molar-refractivity contribution < 1.29 is 27.6 Å². The summed E-state index contributed by atoms with van der Waals surface area (Å²) in [5.41, 5.74) is 1.44. The van der Waals surface area contributed by atoms with Gasteiger partial charge in [0.25, 0.3) is 0 Å². The third-order valence-corrected chi connectivity index (χ3v) is 4.10. The average molecular weight is 334 g/mol. The zero-order valence-corrected chi connectivity index (χ0v) is 12.3. The number of rotatable bonds is 4. The number of carbonyl (C=O) groups is 2. The van der Waals surface area contributed by atoms with E-state index in [1.165, 1.54) is 6.07 Å². The van der Waals surface area contributed by atoms with Gasteiger partial charge in [-0.05, 0) is 25.1 Å². The molecule has 120 valence electrons. The van der Waals surface area contributed by atoms with Gasteiger partial charge in [0, 0.05) is 11.3 Å². The first kappa shape index (κ1) is 16.6. The van der Waals surface area contributed by atoms with E-state index >= 15 is 0 Å². The lowest BCUT2D eigenvalue weighted by atomic mass is 10.1. The quantitative estimate of drug-likeness (QED) is 0.831. The molecular weight excluding hydrogens is 321 g/mol. The highest BCUT2D eigenvalue weighted by molar-refractivity contribution is 8.01. The van der Waals surface area contributed by atoms with Gasteiger partial charge in [0.15, 0.2) is 0 Å². The van der Waals surface area contributed by atoms with E-state index in [4.69, 9.17) is 4.84 Å². The van der Waals surface area contributed by atoms with Crippen LogP contribution in [0.1, 0.15) is 18.9 Å². The van der Waals surface area contributed by atoms with Gasteiger partial charge in [-0.25, -0.2) is 5.48 Å². The Morgan fingerprint density at radius 3 is 2.82 bits per heavy atom. The molecule has 0 radical (unpaired) electrons. The van der Waals surface area contributed by atoms with Gasteiger partial charge < -0.3 is 5.32 Å². The number of fused-ring (bicyclic) bond motifs is 1. The van der Waals surface area contributed by atoms with E-state index in [0.29, 0.717) is 11.5 Å². The predicted molar refractivity (Wildman–Crippen MR) is 74.1 cm³/mol. The molecule has 0 saturated heterocycles. The molecule has 0 unspecified atom stereocenters. The molecule has 5 nitrogen and oxygen atoms in total. The molecule has 1 aromatic carbocycles. The van der Waals surface area contributed by atoms with Gasteiger partial charge in [0.05, 0.1) is 23.1 Å². The fraction of sp³-hybridized carbons (Fsp3) is 0.385. The molecule has 22 heavy (non-hydrogen) atoms. The normalized spacial score (nSPS) is 17.6. The minimum Gasteiger partial charge on any atom is -0.324 e. The van der Waals surface area contributed by atoms with E-state index in [1.807, 2.05) is 0 Å². The number of benzene rings is 1. The van der Waals surface area contributed by atoms with Crippen molar-refractivity contribution in [3.63, 3.8) is 0 Å². The maximum Gasteiger partial charge on any atom is 0.416 e. The fourth-order valence-electron chi connectivity index (χ4n) is 1.82. The molecule has 0 aromatic heterocycles. The summed E-state index contributed by atoms with van der Waals surface area (Å²) in [4.78, 5) is 28.6. The lowest BCUT2D eigenvalue weighted by Gasteiger charge is -2.24. The third kappa shape index (κ3) is 3.92. The first-order chi connectivity index (χ1) is 10.3. The maximum absolute atomic E-state index is 12.6. The molecule has 1 aliphatic rings. The summed E-state index contributed by atoms with van der Waals surface area (Å²) >= 11 is 1.05. The van der Waals surface area contributed by atoms with Crippen LogP contribution in [0.4, 0.5) is 18.9 Å². The minimum absolute atomic E-state index is 0.103. The summed E-state index contributed by atoms with van der Waals surface area (Å²) in [6.07, 6.45) is -4.60. The van der Waals surface area contributed by atoms with Crippen molar-refractivity contribution in [3.8, 4) is 0 Å². The van der Waals surface area contributed by atoms with Crippen LogP contribution in [0, 0.1) is 0 Å². The van der Waals surface area contributed by atoms with E-state index in [2.05, 4.69) is 10.8 Å². The number of halogens is 3. The van der Waals surface area contributed by atoms with Crippen LogP contribution in [0.5, 0.6) is 0 Å². The number of anilines is 1. The predicted octanol–water partition coefficient (Wildman–Crippen LogP) is 2.58. The molecule has 1 aliphatic heterocycles. The largest absolute Gasteiger partial charge is 0.416 e. The van der Waals surface area contributed by atoms with Crippen molar-refractivity contribution in [1.82, 2.24) is 5.48 Å². The van der Waals surface area contributed by atoms with Gasteiger partial charge in [-0.3, -0.25) is 14.4 Å². The minimum atomic E-state index is -4.47. The summed E-state index contributed by atoms with van der Waals surface area (Å²) in [6.45, 7) is 1.98. The molecule has 0 fully saturated rings. The Morgan fingerprint density at radius 1 is 1.45 bits per heavy atom. The first-order valence-corrected chi connectivity index (χ1v) is 7.28. The zero-order chi connectivity index (χ0) is 16.3. The molecule has 2 rings (SSSR count). The number of carbonyl (C=O) groups excluding carboxylic acids is 2. The van der Waals surface area contributed by atoms with Crippen molar-refractivity contribution in [2.24, 2.45) is 0 Å². The number of hydroxylamine groups is 1. The Hall–Kier alpha value is -1.74. The molecular formula is C13H13F3N2O3S. The summed E-state index contributed by atoms with van der Waals surface area (Å²) in [6, 6.07) is 3.12. The SMILES string of the molecule is CCONC(=O)C[C@@H]1Sc2ccc(C(F)(F)F)cc2NC1=O. The molecule has 0 saturated carbocycles. The van der Waals surface area contributed by atoms with E-state index in [0.717, 1.165) is 23.9 Å². The van der Waals surface area contributed by atoms with Crippen molar-refractivity contribution in [1.29, 1.82) is 0 Å². The Morgan fingerprint density at radius 2 is 2.18 bits per heavy atom. The number of hydrogen-bond acceptors (Lipinski definition) is 4. The second-order valence-electron chi connectivity index (χ2n) is 4.47. The van der Waals surface area contributed by atoms with Gasteiger partial charge >= 0.3 is 6.18 Å². The van der Waals surface area contributed by atoms with Crippen LogP contribution in [0.2, 0.25) is 0 Å². The fourth-order valence-corrected chi connectivity index (χ4v) is 2.91. The standard InChI is InChI=1S/C13H13F3N2O3S/c1-2-21-18-11(19)6-10-12(20)17-8-5-7(13(14,15)16)3-4-9(8)22-10/h3-5,10H,2,6H2,1H3,(H,17,20)(H,18,19)/t10-/m0/s1. The smallest absolute Gasteiger partial charge is 0.324 e. The van der Waals surface area contributed by atoms with Crippen LogP contribution in [0.15, 0.2) is 23.1 Å². The van der Waals surface area contributed by atoms with Gasteiger partial charge in [-0.2, -0.15) is 13.2 Å².